The number of nitrogens with zero attached hydrogens (tertiary/aromatic N) is 1. The first kappa shape index (κ1) is 11.9. The summed E-state index contributed by atoms with van der Waals surface area (Å²) in [5.74, 6) is 0. The normalized spacial score (nSPS) is 21.1. The van der Waals surface area contributed by atoms with Gasteiger partial charge in [-0.05, 0) is 30.7 Å². The summed E-state index contributed by atoms with van der Waals surface area (Å²) in [6, 6.07) is 8.57. The Bertz CT molecular complexity index is 326. The van der Waals surface area contributed by atoms with Gasteiger partial charge in [-0.3, -0.25) is 0 Å². The lowest BCUT2D eigenvalue weighted by Crippen LogP contribution is -2.46. The SMILES string of the molecule is OCCC1COCCN1c1ccc(Br)cc1. The lowest BCUT2D eigenvalue weighted by molar-refractivity contribution is 0.0850. The molecule has 3 nitrogen and oxygen atoms in total. The minimum Gasteiger partial charge on any atom is -0.396 e. The van der Waals surface area contributed by atoms with Crippen molar-refractivity contribution < 1.29 is 9.84 Å². The highest BCUT2D eigenvalue weighted by molar-refractivity contribution is 9.10. The van der Waals surface area contributed by atoms with Gasteiger partial charge in [0.25, 0.3) is 0 Å². The van der Waals surface area contributed by atoms with Gasteiger partial charge in [-0.25, -0.2) is 0 Å². The number of hydrogen-bond acceptors (Lipinski definition) is 3. The predicted octanol–water partition coefficient (Wildman–Crippen LogP) is 2.04. The number of ether oxygens (including phenoxy) is 1. The second-order valence-electron chi connectivity index (χ2n) is 3.91. The molecule has 0 aromatic heterocycles. The number of anilines is 1. The van der Waals surface area contributed by atoms with Crippen LogP contribution in [-0.2, 0) is 4.74 Å². The highest BCUT2D eigenvalue weighted by Crippen LogP contribution is 2.23. The van der Waals surface area contributed by atoms with Crippen LogP contribution >= 0.6 is 15.9 Å². The highest BCUT2D eigenvalue weighted by Gasteiger charge is 2.22. The Balaban J connectivity index is 2.13. The molecular formula is C12H16BrNO2. The zero-order valence-electron chi connectivity index (χ0n) is 9.10. The Morgan fingerprint density at radius 3 is 2.81 bits per heavy atom. The van der Waals surface area contributed by atoms with Gasteiger partial charge in [0, 0.05) is 23.3 Å². The van der Waals surface area contributed by atoms with Crippen molar-refractivity contribution in [1.29, 1.82) is 0 Å². The third-order valence-electron chi connectivity index (χ3n) is 2.85. The summed E-state index contributed by atoms with van der Waals surface area (Å²) >= 11 is 3.43. The van der Waals surface area contributed by atoms with Crippen molar-refractivity contribution >= 4 is 21.6 Å². The van der Waals surface area contributed by atoms with E-state index in [1.807, 2.05) is 12.1 Å². The first-order valence-electron chi connectivity index (χ1n) is 5.52. The summed E-state index contributed by atoms with van der Waals surface area (Å²) in [6.45, 7) is 2.57. The van der Waals surface area contributed by atoms with E-state index >= 15 is 0 Å². The van der Waals surface area contributed by atoms with Gasteiger partial charge in [-0.1, -0.05) is 15.9 Å². The van der Waals surface area contributed by atoms with Crippen LogP contribution in [0.4, 0.5) is 5.69 Å². The van der Waals surface area contributed by atoms with Crippen LogP contribution in [-0.4, -0.2) is 37.5 Å². The third kappa shape index (κ3) is 2.75. The smallest absolute Gasteiger partial charge is 0.0671 e. The van der Waals surface area contributed by atoms with Crippen LogP contribution in [0.2, 0.25) is 0 Å². The molecule has 1 aromatic carbocycles. The Kier molecular flexibility index (Phi) is 4.21. The van der Waals surface area contributed by atoms with E-state index in [4.69, 9.17) is 9.84 Å². The molecule has 1 fully saturated rings. The molecule has 2 rings (SSSR count). The van der Waals surface area contributed by atoms with Gasteiger partial charge in [0.1, 0.15) is 0 Å². The molecule has 88 valence electrons. The van der Waals surface area contributed by atoms with E-state index in [-0.39, 0.29) is 6.61 Å². The highest BCUT2D eigenvalue weighted by atomic mass is 79.9. The van der Waals surface area contributed by atoms with Gasteiger partial charge < -0.3 is 14.7 Å². The largest absolute Gasteiger partial charge is 0.396 e. The number of halogens is 1. The Morgan fingerprint density at radius 1 is 1.38 bits per heavy atom. The molecule has 4 heteroatoms. The van der Waals surface area contributed by atoms with Crippen LogP contribution < -0.4 is 4.90 Å². The maximum atomic E-state index is 9.04. The van der Waals surface area contributed by atoms with E-state index in [1.54, 1.807) is 0 Å². The fraction of sp³-hybridized carbons (Fsp3) is 0.500. The first-order valence-corrected chi connectivity index (χ1v) is 6.31. The topological polar surface area (TPSA) is 32.7 Å². The average molecular weight is 286 g/mol. The number of morpholine rings is 1. The van der Waals surface area contributed by atoms with Gasteiger partial charge >= 0.3 is 0 Å². The van der Waals surface area contributed by atoms with Crippen molar-refractivity contribution in [2.45, 2.75) is 12.5 Å². The van der Waals surface area contributed by atoms with E-state index < -0.39 is 0 Å². The minimum absolute atomic E-state index is 0.209. The van der Waals surface area contributed by atoms with Crippen LogP contribution in [0.25, 0.3) is 0 Å². The maximum Gasteiger partial charge on any atom is 0.0671 e. The zero-order chi connectivity index (χ0) is 11.4. The van der Waals surface area contributed by atoms with E-state index in [0.29, 0.717) is 12.6 Å². The maximum absolute atomic E-state index is 9.04. The molecular weight excluding hydrogens is 270 g/mol. The van der Waals surface area contributed by atoms with Crippen LogP contribution in [0.15, 0.2) is 28.7 Å². The molecule has 1 N–H and O–H groups in total. The summed E-state index contributed by atoms with van der Waals surface area (Å²) in [4.78, 5) is 2.31. The first-order chi connectivity index (χ1) is 7.81. The van der Waals surface area contributed by atoms with E-state index in [9.17, 15) is 0 Å². The van der Waals surface area contributed by atoms with Crippen molar-refractivity contribution in [2.24, 2.45) is 0 Å². The number of aliphatic hydroxyl groups excluding tert-OH is 1. The monoisotopic (exact) mass is 285 g/mol. The lowest BCUT2D eigenvalue weighted by atomic mass is 10.1. The second kappa shape index (κ2) is 5.66. The minimum atomic E-state index is 0.209. The molecule has 0 saturated carbocycles. The van der Waals surface area contributed by atoms with Gasteiger partial charge in [-0.2, -0.15) is 0 Å². The summed E-state index contributed by atoms with van der Waals surface area (Å²) in [6.07, 6.45) is 0.760. The van der Waals surface area contributed by atoms with Crippen LogP contribution in [0.3, 0.4) is 0 Å². The average Bonchev–Trinajstić information content (AvgIpc) is 2.32. The fourth-order valence-corrected chi connectivity index (χ4v) is 2.28. The Morgan fingerprint density at radius 2 is 2.12 bits per heavy atom. The lowest BCUT2D eigenvalue weighted by Gasteiger charge is -2.37. The number of rotatable bonds is 3. The van der Waals surface area contributed by atoms with Crippen LogP contribution in [0.5, 0.6) is 0 Å². The Labute approximate surface area is 104 Å². The number of benzene rings is 1. The quantitative estimate of drug-likeness (QED) is 0.923. The van der Waals surface area contributed by atoms with Gasteiger partial charge in [0.2, 0.25) is 0 Å². The molecule has 0 amide bonds. The van der Waals surface area contributed by atoms with Crippen molar-refractivity contribution in [2.75, 3.05) is 31.3 Å². The number of aliphatic hydroxyl groups is 1. The fourth-order valence-electron chi connectivity index (χ4n) is 2.02. The molecule has 1 saturated heterocycles. The standard InChI is InChI=1S/C12H16BrNO2/c13-10-1-3-11(4-2-10)14-6-8-16-9-12(14)5-7-15/h1-4,12,15H,5-9H2. The summed E-state index contributed by atoms with van der Waals surface area (Å²) in [5, 5.41) is 9.04. The van der Waals surface area contributed by atoms with E-state index in [0.717, 1.165) is 24.0 Å². The van der Waals surface area contributed by atoms with Crippen molar-refractivity contribution in [3.63, 3.8) is 0 Å². The van der Waals surface area contributed by atoms with E-state index in [2.05, 4.69) is 33.0 Å². The van der Waals surface area contributed by atoms with Gasteiger partial charge in [0.15, 0.2) is 0 Å². The molecule has 16 heavy (non-hydrogen) atoms. The molecule has 0 radical (unpaired) electrons. The summed E-state index contributed by atoms with van der Waals surface area (Å²) in [5.41, 5.74) is 1.20. The summed E-state index contributed by atoms with van der Waals surface area (Å²) < 4.78 is 6.53. The molecule has 1 aromatic rings. The van der Waals surface area contributed by atoms with Gasteiger partial charge in [-0.15, -0.1) is 0 Å². The van der Waals surface area contributed by atoms with Crippen LogP contribution in [0, 0.1) is 0 Å². The third-order valence-corrected chi connectivity index (χ3v) is 3.38. The molecule has 1 heterocycles. The second-order valence-corrected chi connectivity index (χ2v) is 4.83. The zero-order valence-corrected chi connectivity index (χ0v) is 10.7. The molecule has 0 spiro atoms. The van der Waals surface area contributed by atoms with Crippen molar-refractivity contribution in [3.8, 4) is 0 Å². The molecule has 1 atom stereocenters. The number of hydrogen-bond donors (Lipinski definition) is 1. The van der Waals surface area contributed by atoms with Crippen LogP contribution in [0.1, 0.15) is 6.42 Å². The molecule has 1 unspecified atom stereocenters. The molecule has 0 aliphatic carbocycles. The van der Waals surface area contributed by atoms with Gasteiger partial charge in [0.05, 0.1) is 19.3 Å². The van der Waals surface area contributed by atoms with E-state index in [1.165, 1.54) is 5.69 Å². The van der Waals surface area contributed by atoms with Crippen molar-refractivity contribution in [3.05, 3.63) is 28.7 Å². The Hall–Kier alpha value is -0.580. The molecule has 1 aliphatic rings. The molecule has 1 aliphatic heterocycles. The molecule has 0 bridgehead atoms. The predicted molar refractivity (Wildman–Crippen MR) is 67.8 cm³/mol. The van der Waals surface area contributed by atoms with Crippen molar-refractivity contribution in [1.82, 2.24) is 0 Å². The summed E-state index contributed by atoms with van der Waals surface area (Å²) in [7, 11) is 0.